The van der Waals surface area contributed by atoms with Gasteiger partial charge in [-0.2, -0.15) is 9.78 Å². The standard InChI is InChI=1S/C25H27BrIN3O5/c1-7-34-20-11-15(10-18(27)21(20)35-14(2)23(32)33-6)13-28-30-22(31)17-12-16(26)8-9-19(17)29-24(30)25(3,4)5/h8-14H,7H2,1-6H3/t14-/m1/s1. The molecule has 0 bridgehead atoms. The summed E-state index contributed by atoms with van der Waals surface area (Å²) in [6.45, 7) is 9.81. The van der Waals surface area contributed by atoms with Crippen LogP contribution in [-0.2, 0) is 14.9 Å². The van der Waals surface area contributed by atoms with Gasteiger partial charge in [-0.15, -0.1) is 0 Å². The molecule has 8 nitrogen and oxygen atoms in total. The summed E-state index contributed by atoms with van der Waals surface area (Å²) in [5, 5.41) is 4.99. The third-order valence-electron chi connectivity index (χ3n) is 4.96. The largest absolute Gasteiger partial charge is 0.490 e. The van der Waals surface area contributed by atoms with Crippen molar-refractivity contribution in [1.82, 2.24) is 9.66 Å². The lowest BCUT2D eigenvalue weighted by atomic mass is 9.95. The van der Waals surface area contributed by atoms with Crippen molar-refractivity contribution in [3.8, 4) is 11.5 Å². The normalized spacial score (nSPS) is 12.7. The van der Waals surface area contributed by atoms with Crippen molar-refractivity contribution < 1.29 is 19.0 Å². The van der Waals surface area contributed by atoms with E-state index >= 15 is 0 Å². The molecule has 0 radical (unpaired) electrons. The van der Waals surface area contributed by atoms with E-state index in [0.29, 0.717) is 40.4 Å². The molecular weight excluding hydrogens is 629 g/mol. The van der Waals surface area contributed by atoms with Crippen LogP contribution in [0.2, 0.25) is 0 Å². The highest BCUT2D eigenvalue weighted by Crippen LogP contribution is 2.35. The quantitative estimate of drug-likeness (QED) is 0.195. The Morgan fingerprint density at radius 2 is 2.00 bits per heavy atom. The molecule has 186 valence electrons. The summed E-state index contributed by atoms with van der Waals surface area (Å²) in [6.07, 6.45) is 0.781. The van der Waals surface area contributed by atoms with E-state index in [-0.39, 0.29) is 5.56 Å². The molecule has 0 amide bonds. The molecule has 0 spiro atoms. The van der Waals surface area contributed by atoms with Crippen LogP contribution in [0.4, 0.5) is 0 Å². The van der Waals surface area contributed by atoms with Gasteiger partial charge >= 0.3 is 5.97 Å². The lowest BCUT2D eigenvalue weighted by molar-refractivity contribution is -0.148. The van der Waals surface area contributed by atoms with E-state index in [1.807, 2.05) is 45.9 Å². The first kappa shape index (κ1) is 27.1. The molecule has 1 atom stereocenters. The Balaban J connectivity index is 2.11. The molecule has 10 heteroatoms. The number of ether oxygens (including phenoxy) is 3. The topological polar surface area (TPSA) is 92.0 Å². The van der Waals surface area contributed by atoms with Crippen molar-refractivity contribution in [2.45, 2.75) is 46.1 Å². The summed E-state index contributed by atoms with van der Waals surface area (Å²) < 4.78 is 19.2. The Morgan fingerprint density at radius 1 is 1.29 bits per heavy atom. The number of hydrogen-bond acceptors (Lipinski definition) is 7. The van der Waals surface area contributed by atoms with Gasteiger partial charge in [-0.1, -0.05) is 36.7 Å². The zero-order chi connectivity index (χ0) is 25.9. The van der Waals surface area contributed by atoms with Crippen molar-refractivity contribution in [1.29, 1.82) is 0 Å². The van der Waals surface area contributed by atoms with Crippen LogP contribution >= 0.6 is 38.5 Å². The van der Waals surface area contributed by atoms with Gasteiger partial charge in [0.05, 0.1) is 34.4 Å². The molecule has 2 aromatic carbocycles. The minimum absolute atomic E-state index is 0.260. The summed E-state index contributed by atoms with van der Waals surface area (Å²) in [7, 11) is 1.31. The summed E-state index contributed by atoms with van der Waals surface area (Å²) in [4.78, 5) is 29.9. The first-order valence-electron chi connectivity index (χ1n) is 10.9. The van der Waals surface area contributed by atoms with E-state index in [9.17, 15) is 9.59 Å². The van der Waals surface area contributed by atoms with Crippen LogP contribution in [0.5, 0.6) is 11.5 Å². The van der Waals surface area contributed by atoms with E-state index < -0.39 is 17.5 Å². The number of esters is 1. The summed E-state index contributed by atoms with van der Waals surface area (Å²) in [5.74, 6) is 0.950. The predicted octanol–water partition coefficient (Wildman–Crippen LogP) is 5.28. The zero-order valence-corrected chi connectivity index (χ0v) is 24.1. The molecule has 0 saturated heterocycles. The van der Waals surface area contributed by atoms with Crippen molar-refractivity contribution in [3.05, 3.63) is 60.1 Å². The molecule has 3 aromatic rings. The Bertz CT molecular complexity index is 1350. The Kier molecular flexibility index (Phi) is 8.58. The van der Waals surface area contributed by atoms with Gasteiger partial charge in [0.15, 0.2) is 17.6 Å². The van der Waals surface area contributed by atoms with Crippen molar-refractivity contribution in [2.75, 3.05) is 13.7 Å². The van der Waals surface area contributed by atoms with Crippen LogP contribution in [0, 0.1) is 3.57 Å². The Labute approximate surface area is 225 Å². The van der Waals surface area contributed by atoms with Crippen LogP contribution in [0.25, 0.3) is 10.9 Å². The van der Waals surface area contributed by atoms with Crippen molar-refractivity contribution in [3.63, 3.8) is 0 Å². The molecule has 0 aliphatic carbocycles. The molecular formula is C25H27BrIN3O5. The second-order valence-corrected chi connectivity index (χ2v) is 10.8. The maximum absolute atomic E-state index is 13.4. The van der Waals surface area contributed by atoms with E-state index in [1.54, 1.807) is 25.3 Å². The van der Waals surface area contributed by atoms with Gasteiger partial charge in [0, 0.05) is 9.89 Å². The fraction of sp³-hybridized carbons (Fsp3) is 0.360. The number of halogens is 2. The number of carbonyl (C=O) groups excluding carboxylic acids is 1. The molecule has 1 heterocycles. The molecule has 1 aromatic heterocycles. The van der Waals surface area contributed by atoms with Gasteiger partial charge in [-0.3, -0.25) is 4.79 Å². The molecule has 0 saturated carbocycles. The molecule has 0 aliphatic heterocycles. The van der Waals surface area contributed by atoms with Crippen LogP contribution in [0.3, 0.4) is 0 Å². The fourth-order valence-electron chi connectivity index (χ4n) is 3.30. The van der Waals surface area contributed by atoms with Crippen molar-refractivity contribution >= 4 is 61.6 Å². The number of fused-ring (bicyclic) bond motifs is 1. The summed E-state index contributed by atoms with van der Waals surface area (Å²) >= 11 is 5.53. The number of aromatic nitrogens is 2. The Morgan fingerprint density at radius 3 is 2.63 bits per heavy atom. The zero-order valence-electron chi connectivity index (χ0n) is 20.4. The van der Waals surface area contributed by atoms with Gasteiger partial charge in [-0.05, 0) is 72.3 Å². The number of hydrogen-bond donors (Lipinski definition) is 0. The van der Waals surface area contributed by atoms with Gasteiger partial charge in [0.1, 0.15) is 5.82 Å². The second kappa shape index (κ2) is 11.1. The molecule has 0 fully saturated rings. The summed E-state index contributed by atoms with van der Waals surface area (Å²) in [5.41, 5.74) is 0.620. The minimum Gasteiger partial charge on any atom is -0.490 e. The average Bonchev–Trinajstić information content (AvgIpc) is 2.79. The average molecular weight is 656 g/mol. The first-order chi connectivity index (χ1) is 16.5. The molecule has 35 heavy (non-hydrogen) atoms. The molecule has 0 aliphatic rings. The lowest BCUT2D eigenvalue weighted by Crippen LogP contribution is -2.29. The minimum atomic E-state index is -0.803. The smallest absolute Gasteiger partial charge is 0.346 e. The highest BCUT2D eigenvalue weighted by molar-refractivity contribution is 14.1. The number of benzene rings is 2. The first-order valence-corrected chi connectivity index (χ1v) is 12.8. The van der Waals surface area contributed by atoms with Crippen LogP contribution in [0.15, 0.2) is 44.7 Å². The molecule has 0 unspecified atom stereocenters. The van der Waals surface area contributed by atoms with Crippen molar-refractivity contribution in [2.24, 2.45) is 5.10 Å². The van der Waals surface area contributed by atoms with Crippen LogP contribution in [-0.4, -0.2) is 41.7 Å². The molecule has 0 N–H and O–H groups in total. The predicted molar refractivity (Wildman–Crippen MR) is 148 cm³/mol. The maximum Gasteiger partial charge on any atom is 0.346 e. The Hall–Kier alpha value is -2.47. The van der Waals surface area contributed by atoms with E-state index in [1.165, 1.54) is 11.8 Å². The van der Waals surface area contributed by atoms with E-state index in [4.69, 9.17) is 19.2 Å². The lowest BCUT2D eigenvalue weighted by Gasteiger charge is -2.21. The van der Waals surface area contributed by atoms with E-state index in [2.05, 4.69) is 43.6 Å². The fourth-order valence-corrected chi connectivity index (χ4v) is 4.41. The highest BCUT2D eigenvalue weighted by Gasteiger charge is 2.23. The number of methoxy groups -OCH3 is 1. The van der Waals surface area contributed by atoms with Crippen LogP contribution in [0.1, 0.15) is 46.0 Å². The van der Waals surface area contributed by atoms with Gasteiger partial charge in [0.2, 0.25) is 0 Å². The number of rotatable bonds is 7. The second-order valence-electron chi connectivity index (χ2n) is 8.75. The highest BCUT2D eigenvalue weighted by atomic mass is 127. The number of nitrogens with zero attached hydrogens (tertiary/aromatic N) is 3. The summed E-state index contributed by atoms with van der Waals surface area (Å²) in [6, 6.07) is 9.00. The van der Waals surface area contributed by atoms with Gasteiger partial charge < -0.3 is 14.2 Å². The maximum atomic E-state index is 13.4. The molecule has 3 rings (SSSR count). The SMILES string of the molecule is CCOc1cc(C=Nn2c(C(C)(C)C)nc3ccc(Br)cc3c2=O)cc(I)c1O[C@H](C)C(=O)OC. The third-order valence-corrected chi connectivity index (χ3v) is 6.26. The third kappa shape index (κ3) is 6.21. The van der Waals surface area contributed by atoms with Gasteiger partial charge in [0.25, 0.3) is 5.56 Å². The van der Waals surface area contributed by atoms with E-state index in [0.717, 1.165) is 8.04 Å². The number of carbonyl (C=O) groups is 1. The monoisotopic (exact) mass is 655 g/mol. The van der Waals surface area contributed by atoms with Crippen LogP contribution < -0.4 is 15.0 Å². The van der Waals surface area contributed by atoms with Gasteiger partial charge in [-0.25, -0.2) is 9.78 Å².